The summed E-state index contributed by atoms with van der Waals surface area (Å²) in [4.78, 5) is 7.60. The first-order valence-electron chi connectivity index (χ1n) is 9.24. The number of benzene rings is 2. The molecule has 2 aromatic carbocycles. The number of rotatable bonds is 6. The smallest absolute Gasteiger partial charge is 0.319 e. The molecule has 6 heteroatoms. The van der Waals surface area contributed by atoms with Gasteiger partial charge in [0.25, 0.3) is 0 Å². The molecule has 1 aliphatic heterocycles. The van der Waals surface area contributed by atoms with Gasteiger partial charge in [0.05, 0.1) is 18.5 Å². The van der Waals surface area contributed by atoms with Crippen molar-refractivity contribution in [3.63, 3.8) is 0 Å². The molecule has 0 N–H and O–H groups in total. The van der Waals surface area contributed by atoms with Gasteiger partial charge in [-0.1, -0.05) is 66.7 Å². The maximum atomic E-state index is 5.74. The standard InChI is InChI=1S/C22H26N4O2/c1-6-20(18-12-9-10-16(2)14-18)24-28-15-19-11-7-8-13-21(19)26-17(3)25(4)23-22(26)27-5/h7-14H,3,6,15H2,1-2,4-5H3/b24-20+. The zero-order valence-electron chi connectivity index (χ0n) is 16.8. The molecular weight excluding hydrogens is 352 g/mol. The minimum Gasteiger partial charge on any atom is -0.467 e. The average Bonchev–Trinajstić information content (AvgIpc) is 2.99. The largest absolute Gasteiger partial charge is 0.467 e. The Morgan fingerprint density at radius 3 is 2.68 bits per heavy atom. The van der Waals surface area contributed by atoms with E-state index in [2.05, 4.69) is 48.9 Å². The molecule has 1 heterocycles. The van der Waals surface area contributed by atoms with Crippen molar-refractivity contribution >= 4 is 17.4 Å². The van der Waals surface area contributed by atoms with E-state index in [9.17, 15) is 0 Å². The van der Waals surface area contributed by atoms with Crippen molar-refractivity contribution in [1.82, 2.24) is 5.01 Å². The summed E-state index contributed by atoms with van der Waals surface area (Å²) in [6, 6.07) is 16.7. The molecule has 0 aromatic heterocycles. The second-order valence-corrected chi connectivity index (χ2v) is 6.53. The summed E-state index contributed by atoms with van der Waals surface area (Å²) in [5, 5.41) is 10.4. The molecule has 146 valence electrons. The molecule has 0 aliphatic carbocycles. The lowest BCUT2D eigenvalue weighted by molar-refractivity contribution is 0.130. The number of amidine groups is 1. The van der Waals surface area contributed by atoms with Crippen LogP contribution in [-0.2, 0) is 16.2 Å². The Morgan fingerprint density at radius 1 is 1.18 bits per heavy atom. The molecule has 1 aliphatic rings. The van der Waals surface area contributed by atoms with Crippen LogP contribution in [0.5, 0.6) is 0 Å². The Balaban J connectivity index is 1.81. The van der Waals surface area contributed by atoms with E-state index in [1.807, 2.05) is 42.3 Å². The third-order valence-electron chi connectivity index (χ3n) is 4.55. The van der Waals surface area contributed by atoms with E-state index in [1.54, 1.807) is 12.1 Å². The first kappa shape index (κ1) is 19.5. The van der Waals surface area contributed by atoms with Crippen LogP contribution in [0.2, 0.25) is 0 Å². The second kappa shape index (κ2) is 8.61. The van der Waals surface area contributed by atoms with E-state index in [-0.39, 0.29) is 0 Å². The maximum absolute atomic E-state index is 5.74. The Morgan fingerprint density at radius 2 is 1.96 bits per heavy atom. The number of hydrazone groups is 1. The van der Waals surface area contributed by atoms with E-state index in [1.165, 1.54) is 5.56 Å². The molecule has 0 saturated heterocycles. The number of hydrogen-bond acceptors (Lipinski definition) is 6. The molecule has 2 aromatic rings. The molecular formula is C22H26N4O2. The van der Waals surface area contributed by atoms with Crippen molar-refractivity contribution in [2.24, 2.45) is 10.3 Å². The minimum absolute atomic E-state index is 0.329. The fourth-order valence-electron chi connectivity index (χ4n) is 3.04. The molecule has 0 saturated carbocycles. The van der Waals surface area contributed by atoms with Gasteiger partial charge in [-0.15, -0.1) is 5.10 Å². The number of hydrogen-bond donors (Lipinski definition) is 0. The lowest BCUT2D eigenvalue weighted by Crippen LogP contribution is -2.29. The average molecular weight is 378 g/mol. The van der Waals surface area contributed by atoms with Crippen molar-refractivity contribution in [3.05, 3.63) is 77.6 Å². The van der Waals surface area contributed by atoms with Crippen molar-refractivity contribution in [3.8, 4) is 0 Å². The SMILES string of the molecule is C=C1N(C)N=C(OC)N1c1ccccc1CO/N=C(\CC)c1cccc(C)c1. The fraction of sp³-hybridized carbons (Fsp3) is 0.273. The van der Waals surface area contributed by atoms with Gasteiger partial charge in [0.1, 0.15) is 12.4 Å². The van der Waals surface area contributed by atoms with Gasteiger partial charge in [-0.25, -0.2) is 9.91 Å². The lowest BCUT2D eigenvalue weighted by atomic mass is 10.1. The summed E-state index contributed by atoms with van der Waals surface area (Å²) >= 11 is 0. The van der Waals surface area contributed by atoms with E-state index in [0.717, 1.165) is 28.9 Å². The summed E-state index contributed by atoms with van der Waals surface area (Å²) in [7, 11) is 3.43. The Kier molecular flexibility index (Phi) is 5.99. The zero-order chi connectivity index (χ0) is 20.1. The van der Waals surface area contributed by atoms with Gasteiger partial charge in [-0.2, -0.15) is 0 Å². The van der Waals surface area contributed by atoms with Crippen LogP contribution in [0.1, 0.15) is 30.0 Å². The first-order chi connectivity index (χ1) is 13.5. The third kappa shape index (κ3) is 4.01. The normalized spacial score (nSPS) is 14.4. The fourth-order valence-corrected chi connectivity index (χ4v) is 3.04. The van der Waals surface area contributed by atoms with Crippen LogP contribution in [-0.4, -0.2) is 30.9 Å². The molecule has 0 atom stereocenters. The van der Waals surface area contributed by atoms with Gasteiger partial charge in [0.15, 0.2) is 0 Å². The van der Waals surface area contributed by atoms with Crippen LogP contribution in [0.25, 0.3) is 0 Å². The number of methoxy groups -OCH3 is 1. The Bertz CT molecular complexity index is 920. The number of nitrogens with zero attached hydrogens (tertiary/aromatic N) is 4. The molecule has 0 fully saturated rings. The first-order valence-corrected chi connectivity index (χ1v) is 9.24. The number of ether oxygens (including phenoxy) is 1. The summed E-state index contributed by atoms with van der Waals surface area (Å²) in [6.07, 6.45) is 0.791. The van der Waals surface area contributed by atoms with Crippen LogP contribution in [0.4, 0.5) is 5.69 Å². The van der Waals surface area contributed by atoms with Crippen LogP contribution in [0.15, 0.2) is 71.2 Å². The van der Waals surface area contributed by atoms with Crippen molar-refractivity contribution in [1.29, 1.82) is 0 Å². The molecule has 0 unspecified atom stereocenters. The highest BCUT2D eigenvalue weighted by atomic mass is 16.6. The summed E-state index contributed by atoms with van der Waals surface area (Å²) in [6.45, 7) is 8.57. The van der Waals surface area contributed by atoms with E-state index >= 15 is 0 Å². The Hall–Kier alpha value is -3.28. The van der Waals surface area contributed by atoms with Gasteiger partial charge in [-0.05, 0) is 25.0 Å². The molecule has 6 nitrogen and oxygen atoms in total. The van der Waals surface area contributed by atoms with Crippen molar-refractivity contribution < 1.29 is 9.57 Å². The van der Waals surface area contributed by atoms with Gasteiger partial charge in [0.2, 0.25) is 0 Å². The van der Waals surface area contributed by atoms with Crippen LogP contribution < -0.4 is 4.90 Å². The van der Waals surface area contributed by atoms with Crippen molar-refractivity contribution in [2.45, 2.75) is 26.9 Å². The number of para-hydroxylation sites is 1. The highest BCUT2D eigenvalue weighted by Gasteiger charge is 2.29. The van der Waals surface area contributed by atoms with Crippen molar-refractivity contribution in [2.75, 3.05) is 19.1 Å². The van der Waals surface area contributed by atoms with Gasteiger partial charge in [-0.3, -0.25) is 0 Å². The molecule has 0 spiro atoms. The predicted molar refractivity (Wildman–Crippen MR) is 113 cm³/mol. The maximum Gasteiger partial charge on any atom is 0.319 e. The number of oxime groups is 1. The minimum atomic E-state index is 0.329. The van der Waals surface area contributed by atoms with Crippen LogP contribution in [0.3, 0.4) is 0 Å². The number of anilines is 1. The van der Waals surface area contributed by atoms with E-state index < -0.39 is 0 Å². The lowest BCUT2D eigenvalue weighted by Gasteiger charge is -2.23. The molecule has 0 bridgehead atoms. The van der Waals surface area contributed by atoms with Crippen LogP contribution >= 0.6 is 0 Å². The van der Waals surface area contributed by atoms with Gasteiger partial charge < -0.3 is 9.57 Å². The van der Waals surface area contributed by atoms with E-state index in [0.29, 0.717) is 18.4 Å². The quantitative estimate of drug-likeness (QED) is 0.550. The topological polar surface area (TPSA) is 49.7 Å². The van der Waals surface area contributed by atoms with Gasteiger partial charge in [0, 0.05) is 12.6 Å². The summed E-state index contributed by atoms with van der Waals surface area (Å²) in [5.41, 5.74) is 5.07. The number of aryl methyl sites for hydroxylation is 1. The zero-order valence-corrected chi connectivity index (χ0v) is 16.8. The summed E-state index contributed by atoms with van der Waals surface area (Å²) in [5.74, 6) is 0.710. The predicted octanol–water partition coefficient (Wildman–Crippen LogP) is 4.47. The third-order valence-corrected chi connectivity index (χ3v) is 4.55. The molecule has 0 radical (unpaired) electrons. The highest BCUT2D eigenvalue weighted by Crippen LogP contribution is 2.29. The molecule has 3 rings (SSSR count). The molecule has 0 amide bonds. The molecule has 28 heavy (non-hydrogen) atoms. The Labute approximate surface area is 166 Å². The van der Waals surface area contributed by atoms with Gasteiger partial charge >= 0.3 is 6.02 Å². The highest BCUT2D eigenvalue weighted by molar-refractivity contribution is 6.00. The summed E-state index contributed by atoms with van der Waals surface area (Å²) < 4.78 is 5.41. The van der Waals surface area contributed by atoms with Crippen LogP contribution in [0, 0.1) is 6.92 Å². The second-order valence-electron chi connectivity index (χ2n) is 6.53. The monoisotopic (exact) mass is 378 g/mol. The van der Waals surface area contributed by atoms with E-state index in [4.69, 9.17) is 9.57 Å².